The molecule has 4 atom stereocenters. The summed E-state index contributed by atoms with van der Waals surface area (Å²) in [5, 5.41) is 11.5. The molecule has 4 unspecified atom stereocenters. The molecule has 2 aliphatic rings. The molecule has 0 aromatic carbocycles. The number of carboxylic acids is 1. The topological polar surface area (TPSA) is 75.6 Å². The smallest absolute Gasteiger partial charge is 0.407 e. The lowest BCUT2D eigenvalue weighted by molar-refractivity contribution is -0.138. The van der Waals surface area contributed by atoms with Crippen LogP contribution in [0.1, 0.15) is 12.8 Å². The van der Waals surface area contributed by atoms with Crippen LogP contribution in [0.2, 0.25) is 0 Å². The molecule has 0 heterocycles. The van der Waals surface area contributed by atoms with Crippen LogP contribution in [0.25, 0.3) is 0 Å². The third kappa shape index (κ3) is 2.35. The molecule has 0 aliphatic heterocycles. The van der Waals surface area contributed by atoms with Crippen molar-refractivity contribution in [2.75, 3.05) is 6.61 Å². The van der Waals surface area contributed by atoms with E-state index in [1.807, 2.05) is 0 Å². The normalized spacial score (nSPS) is 35.0. The minimum atomic E-state index is -0.718. The molecule has 0 radical (unpaired) electrons. The van der Waals surface area contributed by atoms with Gasteiger partial charge in [-0.05, 0) is 24.7 Å². The molecule has 0 spiro atoms. The number of carbonyl (C=O) groups excluding carboxylic acids is 1. The van der Waals surface area contributed by atoms with Gasteiger partial charge in [0.15, 0.2) is 0 Å². The Hall–Kier alpha value is -1.52. The molecule has 5 heteroatoms. The molecule has 0 bridgehead atoms. The van der Waals surface area contributed by atoms with Crippen molar-refractivity contribution in [2.24, 2.45) is 17.8 Å². The Kier molecular flexibility index (Phi) is 2.85. The standard InChI is InChI=1S/C11H15NO4/c1-2-3-16-11(15)12-9-5-7(9)6-4-8(6)10(13)14/h2,6-9H,1,3-5H2,(H,12,15)(H,13,14). The highest BCUT2D eigenvalue weighted by Crippen LogP contribution is 2.54. The van der Waals surface area contributed by atoms with Crippen LogP contribution in [0, 0.1) is 17.8 Å². The minimum Gasteiger partial charge on any atom is -0.481 e. The zero-order valence-corrected chi connectivity index (χ0v) is 8.89. The fraction of sp³-hybridized carbons (Fsp3) is 0.636. The Morgan fingerprint density at radius 2 is 2.19 bits per heavy atom. The van der Waals surface area contributed by atoms with E-state index in [9.17, 15) is 9.59 Å². The summed E-state index contributed by atoms with van der Waals surface area (Å²) < 4.78 is 4.78. The summed E-state index contributed by atoms with van der Waals surface area (Å²) >= 11 is 0. The van der Waals surface area contributed by atoms with E-state index in [0.717, 1.165) is 12.8 Å². The highest BCUT2D eigenvalue weighted by molar-refractivity contribution is 5.74. The first-order valence-electron chi connectivity index (χ1n) is 5.40. The average Bonchev–Trinajstić information content (AvgIpc) is 3.06. The van der Waals surface area contributed by atoms with Crippen LogP contribution >= 0.6 is 0 Å². The zero-order chi connectivity index (χ0) is 11.7. The van der Waals surface area contributed by atoms with Gasteiger partial charge in [-0.15, -0.1) is 0 Å². The number of alkyl carbamates (subject to hydrolysis) is 1. The van der Waals surface area contributed by atoms with Gasteiger partial charge < -0.3 is 15.2 Å². The summed E-state index contributed by atoms with van der Waals surface area (Å²) in [4.78, 5) is 21.8. The molecular weight excluding hydrogens is 210 g/mol. The van der Waals surface area contributed by atoms with Gasteiger partial charge in [-0.3, -0.25) is 4.79 Å². The molecule has 88 valence electrons. The first-order valence-corrected chi connectivity index (χ1v) is 5.40. The van der Waals surface area contributed by atoms with E-state index in [2.05, 4.69) is 11.9 Å². The summed E-state index contributed by atoms with van der Waals surface area (Å²) in [6, 6.07) is 0.103. The number of carboxylic acid groups (broad SMARTS) is 1. The van der Waals surface area contributed by atoms with E-state index in [1.165, 1.54) is 6.08 Å². The summed E-state index contributed by atoms with van der Waals surface area (Å²) in [6.07, 6.45) is 2.68. The van der Waals surface area contributed by atoms with Crippen LogP contribution in [0.15, 0.2) is 12.7 Å². The molecule has 2 N–H and O–H groups in total. The van der Waals surface area contributed by atoms with Gasteiger partial charge in [0, 0.05) is 6.04 Å². The van der Waals surface area contributed by atoms with Gasteiger partial charge in [0.1, 0.15) is 6.61 Å². The van der Waals surface area contributed by atoms with E-state index >= 15 is 0 Å². The van der Waals surface area contributed by atoms with Crippen LogP contribution in [0.3, 0.4) is 0 Å². The predicted molar refractivity (Wildman–Crippen MR) is 55.8 cm³/mol. The van der Waals surface area contributed by atoms with Crippen LogP contribution < -0.4 is 5.32 Å². The highest BCUT2D eigenvalue weighted by Gasteiger charge is 2.57. The molecule has 2 aliphatic carbocycles. The number of hydrogen-bond donors (Lipinski definition) is 2. The van der Waals surface area contributed by atoms with Crippen molar-refractivity contribution < 1.29 is 19.4 Å². The molecule has 16 heavy (non-hydrogen) atoms. The first kappa shape index (κ1) is 11.0. The second-order valence-electron chi connectivity index (χ2n) is 4.38. The zero-order valence-electron chi connectivity index (χ0n) is 8.89. The van der Waals surface area contributed by atoms with Gasteiger partial charge in [-0.25, -0.2) is 4.79 Å². The van der Waals surface area contributed by atoms with Gasteiger partial charge in [0.2, 0.25) is 0 Å². The van der Waals surface area contributed by atoms with Crippen molar-refractivity contribution in [3.05, 3.63) is 12.7 Å². The summed E-state index contributed by atoms with van der Waals surface area (Å²) in [5.74, 6) is -0.328. The maximum absolute atomic E-state index is 11.2. The van der Waals surface area contributed by atoms with E-state index in [1.54, 1.807) is 0 Å². The number of hydrogen-bond acceptors (Lipinski definition) is 3. The number of ether oxygens (including phenoxy) is 1. The van der Waals surface area contributed by atoms with Crippen molar-refractivity contribution in [2.45, 2.75) is 18.9 Å². The summed E-state index contributed by atoms with van der Waals surface area (Å²) in [5.41, 5.74) is 0. The Morgan fingerprint density at radius 3 is 2.75 bits per heavy atom. The van der Waals surface area contributed by atoms with Crippen molar-refractivity contribution in [3.63, 3.8) is 0 Å². The first-order chi connectivity index (χ1) is 7.63. The molecule has 5 nitrogen and oxygen atoms in total. The lowest BCUT2D eigenvalue weighted by Gasteiger charge is -2.03. The highest BCUT2D eigenvalue weighted by atomic mass is 16.5. The van der Waals surface area contributed by atoms with Gasteiger partial charge in [-0.2, -0.15) is 0 Å². The molecule has 0 saturated heterocycles. The van der Waals surface area contributed by atoms with Crippen LogP contribution in [-0.4, -0.2) is 29.8 Å². The molecule has 0 aromatic rings. The quantitative estimate of drug-likeness (QED) is 0.684. The van der Waals surface area contributed by atoms with Gasteiger partial charge >= 0.3 is 12.1 Å². The largest absolute Gasteiger partial charge is 0.481 e. The number of aliphatic carboxylic acids is 1. The monoisotopic (exact) mass is 225 g/mol. The number of nitrogens with one attached hydrogen (secondary N) is 1. The maximum Gasteiger partial charge on any atom is 0.407 e. The lowest BCUT2D eigenvalue weighted by Crippen LogP contribution is -2.28. The molecule has 0 aromatic heterocycles. The Bertz CT molecular complexity index is 328. The fourth-order valence-corrected chi connectivity index (χ4v) is 2.15. The van der Waals surface area contributed by atoms with Crippen molar-refractivity contribution in [1.29, 1.82) is 0 Å². The SMILES string of the molecule is C=CCOC(=O)NC1CC1C1CC1C(=O)O. The van der Waals surface area contributed by atoms with Crippen LogP contribution in [0.5, 0.6) is 0 Å². The van der Waals surface area contributed by atoms with E-state index in [4.69, 9.17) is 9.84 Å². The number of amides is 1. The molecule has 2 saturated carbocycles. The average molecular weight is 225 g/mol. The predicted octanol–water partition coefficient (Wildman–Crippen LogP) is 1.01. The van der Waals surface area contributed by atoms with Crippen LogP contribution in [-0.2, 0) is 9.53 Å². The van der Waals surface area contributed by atoms with Crippen molar-refractivity contribution >= 4 is 12.1 Å². The Labute approximate surface area is 93.5 Å². The number of carbonyl (C=O) groups is 2. The second-order valence-corrected chi connectivity index (χ2v) is 4.38. The van der Waals surface area contributed by atoms with Gasteiger partial charge in [0.25, 0.3) is 0 Å². The molecule has 1 amide bonds. The third-order valence-corrected chi connectivity index (χ3v) is 3.18. The lowest BCUT2D eigenvalue weighted by atomic mass is 10.2. The third-order valence-electron chi connectivity index (χ3n) is 3.18. The summed E-state index contributed by atoms with van der Waals surface area (Å²) in [7, 11) is 0. The van der Waals surface area contributed by atoms with Gasteiger partial charge in [0.05, 0.1) is 5.92 Å². The summed E-state index contributed by atoms with van der Waals surface area (Å²) in [6.45, 7) is 3.64. The van der Waals surface area contributed by atoms with Crippen molar-refractivity contribution in [1.82, 2.24) is 5.32 Å². The Balaban J connectivity index is 1.66. The second kappa shape index (κ2) is 4.15. The minimum absolute atomic E-state index is 0.103. The van der Waals surface area contributed by atoms with Gasteiger partial charge in [-0.1, -0.05) is 12.7 Å². The Morgan fingerprint density at radius 1 is 1.44 bits per heavy atom. The van der Waals surface area contributed by atoms with E-state index < -0.39 is 12.1 Å². The number of rotatable bonds is 5. The van der Waals surface area contributed by atoms with E-state index in [-0.39, 0.29) is 24.5 Å². The molecular formula is C11H15NO4. The molecule has 2 rings (SSSR count). The van der Waals surface area contributed by atoms with Crippen LogP contribution in [0.4, 0.5) is 4.79 Å². The fourth-order valence-electron chi connectivity index (χ4n) is 2.15. The maximum atomic E-state index is 11.2. The van der Waals surface area contributed by atoms with Crippen molar-refractivity contribution in [3.8, 4) is 0 Å². The van der Waals surface area contributed by atoms with E-state index in [0.29, 0.717) is 5.92 Å². The molecule has 2 fully saturated rings.